The minimum absolute atomic E-state index is 0.568. The molecule has 0 amide bonds. The SMILES string of the molecule is O=C(O)C(NCC1CCC1)c1ccccc1. The molecule has 0 spiro atoms. The highest BCUT2D eigenvalue weighted by Crippen LogP contribution is 2.26. The molecule has 0 saturated heterocycles. The molecule has 1 aromatic rings. The van der Waals surface area contributed by atoms with E-state index in [1.54, 1.807) is 0 Å². The van der Waals surface area contributed by atoms with Gasteiger partial charge < -0.3 is 10.4 Å². The molecular weight excluding hydrogens is 202 g/mol. The number of rotatable bonds is 5. The first kappa shape index (κ1) is 11.1. The Morgan fingerprint density at radius 2 is 2.06 bits per heavy atom. The van der Waals surface area contributed by atoms with Crippen molar-refractivity contribution in [1.82, 2.24) is 5.32 Å². The van der Waals surface area contributed by atoms with Crippen LogP contribution in [0.2, 0.25) is 0 Å². The van der Waals surface area contributed by atoms with Crippen molar-refractivity contribution < 1.29 is 9.90 Å². The molecule has 1 saturated carbocycles. The predicted octanol–water partition coefficient (Wildman–Crippen LogP) is 2.20. The van der Waals surface area contributed by atoms with E-state index >= 15 is 0 Å². The number of carboxylic acid groups (broad SMARTS) is 1. The molecule has 1 atom stereocenters. The van der Waals surface area contributed by atoms with Crippen LogP contribution in [0, 0.1) is 5.92 Å². The van der Waals surface area contributed by atoms with Gasteiger partial charge >= 0.3 is 5.97 Å². The van der Waals surface area contributed by atoms with Gasteiger partial charge in [0, 0.05) is 0 Å². The first-order valence-corrected chi connectivity index (χ1v) is 5.78. The van der Waals surface area contributed by atoms with Crippen LogP contribution in [0.5, 0.6) is 0 Å². The van der Waals surface area contributed by atoms with Gasteiger partial charge in [-0.15, -0.1) is 0 Å². The van der Waals surface area contributed by atoms with E-state index in [-0.39, 0.29) is 0 Å². The fourth-order valence-electron chi connectivity index (χ4n) is 1.97. The molecule has 2 rings (SSSR count). The Morgan fingerprint density at radius 1 is 1.38 bits per heavy atom. The van der Waals surface area contributed by atoms with Crippen LogP contribution in [0.15, 0.2) is 30.3 Å². The van der Waals surface area contributed by atoms with Crippen LogP contribution in [-0.2, 0) is 4.79 Å². The van der Waals surface area contributed by atoms with Crippen molar-refractivity contribution in [3.8, 4) is 0 Å². The van der Waals surface area contributed by atoms with Crippen molar-refractivity contribution in [2.24, 2.45) is 5.92 Å². The van der Waals surface area contributed by atoms with Crippen LogP contribution < -0.4 is 5.32 Å². The summed E-state index contributed by atoms with van der Waals surface area (Å²) in [6.07, 6.45) is 3.75. The van der Waals surface area contributed by atoms with Crippen LogP contribution in [0.4, 0.5) is 0 Å². The number of nitrogens with one attached hydrogen (secondary N) is 1. The largest absolute Gasteiger partial charge is 0.480 e. The number of hydrogen-bond donors (Lipinski definition) is 2. The van der Waals surface area contributed by atoms with E-state index in [0.717, 1.165) is 12.1 Å². The van der Waals surface area contributed by atoms with Crippen molar-refractivity contribution in [1.29, 1.82) is 0 Å². The summed E-state index contributed by atoms with van der Waals surface area (Å²) in [6, 6.07) is 8.78. The molecule has 2 N–H and O–H groups in total. The van der Waals surface area contributed by atoms with Crippen LogP contribution in [0.3, 0.4) is 0 Å². The molecule has 0 aromatic heterocycles. The first-order valence-electron chi connectivity index (χ1n) is 5.78. The Bertz CT molecular complexity index is 346. The number of aliphatic carboxylic acids is 1. The van der Waals surface area contributed by atoms with Gasteiger partial charge in [0.25, 0.3) is 0 Å². The fraction of sp³-hybridized carbons (Fsp3) is 0.462. The Balaban J connectivity index is 1.96. The molecule has 1 aromatic carbocycles. The van der Waals surface area contributed by atoms with Gasteiger partial charge in [0.1, 0.15) is 6.04 Å². The molecule has 3 nitrogen and oxygen atoms in total. The van der Waals surface area contributed by atoms with E-state index in [1.807, 2.05) is 30.3 Å². The third-order valence-corrected chi connectivity index (χ3v) is 3.22. The summed E-state index contributed by atoms with van der Waals surface area (Å²) in [7, 11) is 0. The average Bonchev–Trinajstić information content (AvgIpc) is 2.22. The van der Waals surface area contributed by atoms with Crippen LogP contribution in [0.25, 0.3) is 0 Å². The van der Waals surface area contributed by atoms with Crippen molar-refractivity contribution >= 4 is 5.97 Å². The second kappa shape index (κ2) is 5.12. The molecule has 1 aliphatic carbocycles. The maximum absolute atomic E-state index is 11.2. The normalized spacial score (nSPS) is 17.8. The van der Waals surface area contributed by atoms with Gasteiger partial charge in [-0.05, 0) is 30.9 Å². The molecule has 1 fully saturated rings. The van der Waals surface area contributed by atoms with Gasteiger partial charge in [0.15, 0.2) is 0 Å². The van der Waals surface area contributed by atoms with Crippen molar-refractivity contribution in [3.63, 3.8) is 0 Å². The summed E-state index contributed by atoms with van der Waals surface area (Å²) < 4.78 is 0. The maximum atomic E-state index is 11.2. The van der Waals surface area contributed by atoms with Crippen LogP contribution in [-0.4, -0.2) is 17.6 Å². The quantitative estimate of drug-likeness (QED) is 0.798. The smallest absolute Gasteiger partial charge is 0.325 e. The molecule has 0 bridgehead atoms. The lowest BCUT2D eigenvalue weighted by atomic mass is 9.85. The molecule has 0 aliphatic heterocycles. The van der Waals surface area contributed by atoms with Gasteiger partial charge in [-0.1, -0.05) is 36.8 Å². The number of carbonyl (C=O) groups is 1. The highest BCUT2D eigenvalue weighted by atomic mass is 16.4. The number of carboxylic acids is 1. The topological polar surface area (TPSA) is 49.3 Å². The molecule has 3 heteroatoms. The number of benzene rings is 1. The second-order valence-electron chi connectivity index (χ2n) is 4.39. The second-order valence-corrected chi connectivity index (χ2v) is 4.39. The van der Waals surface area contributed by atoms with Gasteiger partial charge in [-0.3, -0.25) is 4.79 Å². The van der Waals surface area contributed by atoms with E-state index in [0.29, 0.717) is 5.92 Å². The monoisotopic (exact) mass is 219 g/mol. The third kappa shape index (κ3) is 2.61. The highest BCUT2D eigenvalue weighted by molar-refractivity contribution is 5.75. The average molecular weight is 219 g/mol. The zero-order valence-corrected chi connectivity index (χ0v) is 9.23. The zero-order chi connectivity index (χ0) is 11.4. The van der Waals surface area contributed by atoms with Crippen molar-refractivity contribution in [2.45, 2.75) is 25.3 Å². The number of hydrogen-bond acceptors (Lipinski definition) is 2. The Hall–Kier alpha value is -1.35. The van der Waals surface area contributed by atoms with Gasteiger partial charge in [-0.2, -0.15) is 0 Å². The fourth-order valence-corrected chi connectivity index (χ4v) is 1.97. The Kier molecular flexibility index (Phi) is 3.57. The van der Waals surface area contributed by atoms with E-state index in [9.17, 15) is 4.79 Å². The third-order valence-electron chi connectivity index (χ3n) is 3.22. The zero-order valence-electron chi connectivity index (χ0n) is 9.23. The van der Waals surface area contributed by atoms with E-state index in [4.69, 9.17) is 5.11 Å². The minimum atomic E-state index is -0.800. The lowest BCUT2D eigenvalue weighted by molar-refractivity contribution is -0.139. The van der Waals surface area contributed by atoms with Crippen LogP contribution in [0.1, 0.15) is 30.9 Å². The van der Waals surface area contributed by atoms with Crippen LogP contribution >= 0.6 is 0 Å². The summed E-state index contributed by atoms with van der Waals surface area (Å²) in [5, 5.41) is 12.3. The first-order chi connectivity index (χ1) is 7.77. The summed E-state index contributed by atoms with van der Waals surface area (Å²) >= 11 is 0. The molecule has 86 valence electrons. The molecule has 1 aliphatic rings. The predicted molar refractivity (Wildman–Crippen MR) is 62.2 cm³/mol. The summed E-state index contributed by atoms with van der Waals surface area (Å²) in [4.78, 5) is 11.2. The molecule has 1 unspecified atom stereocenters. The maximum Gasteiger partial charge on any atom is 0.325 e. The molecule has 16 heavy (non-hydrogen) atoms. The molecular formula is C13H17NO2. The lowest BCUT2D eigenvalue weighted by Gasteiger charge is -2.27. The van der Waals surface area contributed by atoms with Gasteiger partial charge in [0.05, 0.1) is 0 Å². The van der Waals surface area contributed by atoms with E-state index in [1.165, 1.54) is 19.3 Å². The van der Waals surface area contributed by atoms with Crippen molar-refractivity contribution in [3.05, 3.63) is 35.9 Å². The molecule has 0 heterocycles. The van der Waals surface area contributed by atoms with E-state index in [2.05, 4.69) is 5.32 Å². The van der Waals surface area contributed by atoms with E-state index < -0.39 is 12.0 Å². The summed E-state index contributed by atoms with van der Waals surface area (Å²) in [6.45, 7) is 0.811. The lowest BCUT2D eigenvalue weighted by Crippen LogP contribution is -2.34. The van der Waals surface area contributed by atoms with Gasteiger partial charge in [0.2, 0.25) is 0 Å². The molecule has 0 radical (unpaired) electrons. The summed E-state index contributed by atoms with van der Waals surface area (Å²) in [5.41, 5.74) is 0.828. The summed E-state index contributed by atoms with van der Waals surface area (Å²) in [5.74, 6) is -0.129. The Labute approximate surface area is 95.5 Å². The van der Waals surface area contributed by atoms with Gasteiger partial charge in [-0.25, -0.2) is 0 Å². The highest BCUT2D eigenvalue weighted by Gasteiger charge is 2.23. The Morgan fingerprint density at radius 3 is 2.56 bits per heavy atom. The standard InChI is InChI=1S/C13H17NO2/c15-13(16)12(11-7-2-1-3-8-11)14-9-10-5-4-6-10/h1-3,7-8,10,12,14H,4-6,9H2,(H,15,16). The van der Waals surface area contributed by atoms with Crippen molar-refractivity contribution in [2.75, 3.05) is 6.54 Å². The minimum Gasteiger partial charge on any atom is -0.480 e.